The van der Waals surface area contributed by atoms with Crippen LogP contribution in [0.3, 0.4) is 0 Å². The average molecular weight is 555 g/mol. The number of aromatic nitrogens is 1. The molecule has 2 bridgehead atoms. The Morgan fingerprint density at radius 3 is 2.70 bits per heavy atom. The number of aliphatic imine (C=N–C) groups is 1. The van der Waals surface area contributed by atoms with E-state index in [1.807, 2.05) is 0 Å². The first kappa shape index (κ1) is 25.7. The number of carboxylic acid groups (broad SMARTS) is 1. The van der Waals surface area contributed by atoms with Crippen LogP contribution in [0.4, 0.5) is 13.2 Å². The van der Waals surface area contributed by atoms with Crippen molar-refractivity contribution < 1.29 is 32.6 Å². The van der Waals surface area contributed by atoms with Crippen LogP contribution in [0.15, 0.2) is 46.0 Å². The van der Waals surface area contributed by atoms with Gasteiger partial charge in [-0.2, -0.15) is 0 Å². The zero-order chi connectivity index (χ0) is 26.7. The van der Waals surface area contributed by atoms with E-state index in [0.29, 0.717) is 10.6 Å². The van der Waals surface area contributed by atoms with Crippen molar-refractivity contribution in [1.82, 2.24) is 15.2 Å². The molecule has 3 aliphatic heterocycles. The van der Waals surface area contributed by atoms with Gasteiger partial charge in [-0.15, -0.1) is 11.3 Å². The minimum atomic E-state index is -3.09. The number of nitrogens with one attached hydrogen (secondary N) is 1. The van der Waals surface area contributed by atoms with Gasteiger partial charge in [0.25, 0.3) is 5.92 Å². The summed E-state index contributed by atoms with van der Waals surface area (Å²) in [6.45, 7) is 1.27. The molecule has 0 amide bonds. The highest BCUT2D eigenvalue weighted by molar-refractivity contribution is 7.11. The molecule has 13 heteroatoms. The number of halogens is 4. The summed E-state index contributed by atoms with van der Waals surface area (Å²) >= 11 is 7.60. The Labute approximate surface area is 218 Å². The van der Waals surface area contributed by atoms with Gasteiger partial charge >= 0.3 is 11.9 Å². The van der Waals surface area contributed by atoms with Crippen molar-refractivity contribution in [2.45, 2.75) is 43.8 Å². The van der Waals surface area contributed by atoms with Crippen LogP contribution in [0.2, 0.25) is 5.02 Å². The molecule has 2 unspecified atom stereocenters. The van der Waals surface area contributed by atoms with Gasteiger partial charge in [-0.3, -0.25) is 14.7 Å². The Bertz CT molecular complexity index is 1340. The third-order valence-corrected chi connectivity index (χ3v) is 8.47. The van der Waals surface area contributed by atoms with Crippen molar-refractivity contribution in [3.05, 3.63) is 62.5 Å². The molecule has 4 heterocycles. The van der Waals surface area contributed by atoms with Crippen LogP contribution in [0.1, 0.15) is 36.4 Å². The minimum Gasteiger partial charge on any atom is -0.481 e. The number of methoxy groups -OCH3 is 1. The van der Waals surface area contributed by atoms with Crippen LogP contribution in [0.5, 0.6) is 0 Å². The highest BCUT2D eigenvalue weighted by atomic mass is 35.5. The van der Waals surface area contributed by atoms with E-state index in [0.717, 1.165) is 6.07 Å². The van der Waals surface area contributed by atoms with Gasteiger partial charge in [0, 0.05) is 46.9 Å². The summed E-state index contributed by atoms with van der Waals surface area (Å²) in [5.41, 5.74) is -0.858. The molecule has 2 saturated heterocycles. The van der Waals surface area contributed by atoms with Crippen LogP contribution >= 0.6 is 22.9 Å². The number of esters is 1. The van der Waals surface area contributed by atoms with Gasteiger partial charge < -0.3 is 15.2 Å². The average Bonchev–Trinajstić information content (AvgIpc) is 3.52. The number of benzene rings is 1. The van der Waals surface area contributed by atoms with Gasteiger partial charge in [-0.25, -0.2) is 22.9 Å². The lowest BCUT2D eigenvalue weighted by Gasteiger charge is -2.32. The standard InChI is InChI=1S/C24H22ClF3N4O4S/c1-23(22(34)35)8-16-24(27,28)9-15(23)32(16)10-14-17(21(33)36-2)18(12-4-3-11(26)7-13(12)25)31-19(30-14)20-29-5-6-37-20/h3-7,15-16,18H,8-10H2,1-2H3,(H,30,31)(H,34,35)/t15?,16?,18-,23-/m0/s1. The third kappa shape index (κ3) is 4.20. The minimum absolute atomic E-state index is 0.00274. The monoisotopic (exact) mass is 554 g/mol. The second kappa shape index (κ2) is 9.10. The largest absolute Gasteiger partial charge is 0.481 e. The maximum Gasteiger partial charge on any atom is 0.338 e. The number of hydrogen-bond acceptors (Lipinski definition) is 8. The number of carbonyl (C=O) groups is 2. The Hall–Kier alpha value is -2.96. The van der Waals surface area contributed by atoms with Crippen LogP contribution in [0.25, 0.3) is 0 Å². The number of thiazole rings is 1. The van der Waals surface area contributed by atoms with E-state index in [9.17, 15) is 27.9 Å². The Balaban J connectivity index is 1.63. The lowest BCUT2D eigenvalue weighted by atomic mass is 9.74. The maximum absolute atomic E-state index is 14.9. The van der Waals surface area contributed by atoms with Crippen molar-refractivity contribution in [3.63, 3.8) is 0 Å². The van der Waals surface area contributed by atoms with E-state index in [-0.39, 0.29) is 35.1 Å². The molecule has 37 heavy (non-hydrogen) atoms. The molecule has 4 atom stereocenters. The van der Waals surface area contributed by atoms with Crippen molar-refractivity contribution in [2.24, 2.45) is 10.4 Å². The number of ether oxygens (including phenoxy) is 1. The van der Waals surface area contributed by atoms with Gasteiger partial charge in [-0.05, 0) is 25.5 Å². The quantitative estimate of drug-likeness (QED) is 0.520. The molecule has 2 fully saturated rings. The molecule has 1 aromatic heterocycles. The number of aliphatic carboxylic acids is 1. The zero-order valence-electron chi connectivity index (χ0n) is 19.7. The summed E-state index contributed by atoms with van der Waals surface area (Å²) in [5, 5.41) is 15.1. The molecule has 0 saturated carbocycles. The van der Waals surface area contributed by atoms with Gasteiger partial charge in [-0.1, -0.05) is 17.7 Å². The third-order valence-electron chi connectivity index (χ3n) is 7.36. The molecule has 3 aliphatic rings. The lowest BCUT2D eigenvalue weighted by Crippen LogP contribution is -2.44. The number of hydrogen-bond donors (Lipinski definition) is 2. The van der Waals surface area contributed by atoms with Crippen molar-refractivity contribution in [1.29, 1.82) is 0 Å². The Kier molecular flexibility index (Phi) is 6.32. The van der Waals surface area contributed by atoms with Crippen LogP contribution in [-0.4, -0.2) is 64.4 Å². The van der Waals surface area contributed by atoms with E-state index in [1.165, 1.54) is 42.4 Å². The summed E-state index contributed by atoms with van der Waals surface area (Å²) in [4.78, 5) is 35.4. The van der Waals surface area contributed by atoms with E-state index >= 15 is 0 Å². The van der Waals surface area contributed by atoms with Gasteiger partial charge in [0.05, 0.1) is 24.1 Å². The molecule has 5 rings (SSSR count). The fourth-order valence-electron chi connectivity index (χ4n) is 5.47. The van der Waals surface area contributed by atoms with Crippen LogP contribution in [-0.2, 0) is 14.3 Å². The predicted octanol–water partition coefficient (Wildman–Crippen LogP) is 4.03. The summed E-state index contributed by atoms with van der Waals surface area (Å²) < 4.78 is 48.5. The normalized spacial score (nSPS) is 28.7. The zero-order valence-corrected chi connectivity index (χ0v) is 21.2. The molecule has 0 radical (unpaired) electrons. The van der Waals surface area contributed by atoms with E-state index in [1.54, 1.807) is 11.6 Å². The number of carbonyl (C=O) groups excluding carboxylic acids is 1. The molecule has 196 valence electrons. The molecule has 8 nitrogen and oxygen atoms in total. The van der Waals surface area contributed by atoms with E-state index in [4.69, 9.17) is 16.3 Å². The molecular weight excluding hydrogens is 533 g/mol. The number of carboxylic acids is 1. The van der Waals surface area contributed by atoms with Crippen LogP contribution < -0.4 is 5.32 Å². The van der Waals surface area contributed by atoms with E-state index in [2.05, 4.69) is 15.3 Å². The second-order valence-electron chi connectivity index (χ2n) is 9.49. The van der Waals surface area contributed by atoms with Gasteiger partial charge in [0.1, 0.15) is 11.9 Å². The number of amidine groups is 1. The van der Waals surface area contributed by atoms with Crippen LogP contribution in [0, 0.1) is 11.2 Å². The fraction of sp³-hybridized carbons (Fsp3) is 0.417. The fourth-order valence-corrected chi connectivity index (χ4v) is 6.33. The highest BCUT2D eigenvalue weighted by Gasteiger charge is 2.68. The first-order chi connectivity index (χ1) is 17.5. The number of rotatable bonds is 6. The smallest absolute Gasteiger partial charge is 0.338 e. The number of nitrogens with zero attached hydrogens (tertiary/aromatic N) is 3. The van der Waals surface area contributed by atoms with Gasteiger partial charge in [0.2, 0.25) is 0 Å². The highest BCUT2D eigenvalue weighted by Crippen LogP contribution is 2.56. The first-order valence-corrected chi connectivity index (χ1v) is 12.6. The predicted molar refractivity (Wildman–Crippen MR) is 129 cm³/mol. The number of fused-ring (bicyclic) bond motifs is 2. The summed E-state index contributed by atoms with van der Waals surface area (Å²) in [7, 11) is 1.17. The Morgan fingerprint density at radius 1 is 1.32 bits per heavy atom. The summed E-state index contributed by atoms with van der Waals surface area (Å²) in [6, 6.07) is 0.311. The van der Waals surface area contributed by atoms with Crippen molar-refractivity contribution >= 4 is 40.7 Å². The molecule has 2 aromatic rings. The van der Waals surface area contributed by atoms with Gasteiger partial charge in [0.15, 0.2) is 10.8 Å². The molecule has 2 N–H and O–H groups in total. The summed E-state index contributed by atoms with van der Waals surface area (Å²) in [5.74, 6) is -5.34. The molecular formula is C24H22ClF3N4O4S. The Morgan fingerprint density at radius 2 is 2.08 bits per heavy atom. The second-order valence-corrected chi connectivity index (χ2v) is 10.8. The first-order valence-electron chi connectivity index (χ1n) is 11.3. The maximum atomic E-state index is 14.9. The lowest BCUT2D eigenvalue weighted by molar-refractivity contribution is -0.152. The van der Waals surface area contributed by atoms with E-state index < -0.39 is 53.6 Å². The molecule has 0 spiro atoms. The topological polar surface area (TPSA) is 104 Å². The van der Waals surface area contributed by atoms with Crippen molar-refractivity contribution in [3.8, 4) is 0 Å². The van der Waals surface area contributed by atoms with Crippen molar-refractivity contribution in [2.75, 3.05) is 13.7 Å². The number of alkyl halides is 2. The SMILES string of the molecule is COC(=O)C1=C(CN2C3C[C@](C)(C(=O)O)C2CC3(F)F)NC(c2nccs2)=N[C@H]1c1ccc(F)cc1Cl. The molecule has 0 aliphatic carbocycles. The molecule has 1 aromatic carbocycles. The summed E-state index contributed by atoms with van der Waals surface area (Å²) in [6.07, 6.45) is 0.715.